The molecule has 0 radical (unpaired) electrons. The Balaban J connectivity index is 2.26. The lowest BCUT2D eigenvalue weighted by molar-refractivity contribution is 0.0921. The summed E-state index contributed by atoms with van der Waals surface area (Å²) < 4.78 is 5.70. The van der Waals surface area contributed by atoms with Gasteiger partial charge in [0.15, 0.2) is 0 Å². The highest BCUT2D eigenvalue weighted by Crippen LogP contribution is 2.19. The highest BCUT2D eigenvalue weighted by molar-refractivity contribution is 4.76. The van der Waals surface area contributed by atoms with E-state index in [9.17, 15) is 0 Å². The Bertz CT molecular complexity index is 153. The zero-order valence-electron chi connectivity index (χ0n) is 10.6. The van der Waals surface area contributed by atoms with E-state index in [1.807, 2.05) is 0 Å². The van der Waals surface area contributed by atoms with Crippen LogP contribution in [0.15, 0.2) is 0 Å². The smallest absolute Gasteiger partial charge is 0.0590 e. The molecular weight excluding hydrogens is 186 g/mol. The van der Waals surface area contributed by atoms with Gasteiger partial charge in [0.05, 0.1) is 6.10 Å². The molecule has 15 heavy (non-hydrogen) atoms. The molecule has 0 spiro atoms. The number of hydrogen-bond acceptors (Lipinski definition) is 2. The average Bonchev–Trinajstić information content (AvgIpc) is 2.66. The summed E-state index contributed by atoms with van der Waals surface area (Å²) in [7, 11) is 0. The first-order chi connectivity index (χ1) is 7.22. The minimum atomic E-state index is 0.526. The molecule has 0 aromatic rings. The Kier molecular flexibility index (Phi) is 6.26. The van der Waals surface area contributed by atoms with E-state index in [2.05, 4.69) is 26.1 Å². The fraction of sp³-hybridized carbons (Fsp3) is 1.00. The van der Waals surface area contributed by atoms with E-state index >= 15 is 0 Å². The molecule has 90 valence electrons. The predicted molar refractivity (Wildman–Crippen MR) is 65.1 cm³/mol. The van der Waals surface area contributed by atoms with Crippen LogP contribution >= 0.6 is 0 Å². The van der Waals surface area contributed by atoms with Crippen LogP contribution < -0.4 is 5.32 Å². The molecule has 1 saturated heterocycles. The van der Waals surface area contributed by atoms with Crippen LogP contribution in [0.2, 0.25) is 0 Å². The zero-order chi connectivity index (χ0) is 11.1. The molecular formula is C13H27NO. The van der Waals surface area contributed by atoms with Gasteiger partial charge in [-0.2, -0.15) is 0 Å². The second kappa shape index (κ2) is 7.24. The topological polar surface area (TPSA) is 21.3 Å². The van der Waals surface area contributed by atoms with Crippen molar-refractivity contribution < 1.29 is 4.74 Å². The normalized spacial score (nSPS) is 23.6. The first-order valence-corrected chi connectivity index (χ1v) is 6.57. The molecule has 1 aliphatic heterocycles. The van der Waals surface area contributed by atoms with Gasteiger partial charge in [-0.15, -0.1) is 0 Å². The lowest BCUT2D eigenvalue weighted by Crippen LogP contribution is -2.34. The van der Waals surface area contributed by atoms with Gasteiger partial charge in [-0.1, -0.05) is 20.8 Å². The number of hydrogen-bond donors (Lipinski definition) is 1. The summed E-state index contributed by atoms with van der Waals surface area (Å²) in [5.74, 6) is 0.778. The fourth-order valence-corrected chi connectivity index (χ4v) is 2.33. The van der Waals surface area contributed by atoms with Gasteiger partial charge in [0.2, 0.25) is 0 Å². The first kappa shape index (κ1) is 13.0. The fourth-order valence-electron chi connectivity index (χ4n) is 2.33. The van der Waals surface area contributed by atoms with Crippen LogP contribution in [-0.2, 0) is 4.74 Å². The van der Waals surface area contributed by atoms with Crippen molar-refractivity contribution in [3.05, 3.63) is 0 Å². The van der Waals surface area contributed by atoms with Crippen molar-refractivity contribution in [1.82, 2.24) is 5.32 Å². The summed E-state index contributed by atoms with van der Waals surface area (Å²) in [5.41, 5.74) is 0. The van der Waals surface area contributed by atoms with E-state index in [0.717, 1.165) is 19.1 Å². The van der Waals surface area contributed by atoms with Crippen molar-refractivity contribution in [2.45, 2.75) is 65.0 Å². The minimum Gasteiger partial charge on any atom is -0.378 e. The van der Waals surface area contributed by atoms with Crippen LogP contribution in [0.3, 0.4) is 0 Å². The maximum atomic E-state index is 5.70. The Morgan fingerprint density at radius 2 is 2.20 bits per heavy atom. The molecule has 1 fully saturated rings. The van der Waals surface area contributed by atoms with Crippen LogP contribution in [0, 0.1) is 5.92 Å². The molecule has 2 heteroatoms. The first-order valence-electron chi connectivity index (χ1n) is 6.57. The minimum absolute atomic E-state index is 0.526. The maximum Gasteiger partial charge on any atom is 0.0590 e. The Morgan fingerprint density at radius 1 is 1.40 bits per heavy atom. The number of rotatable bonds is 7. The highest BCUT2D eigenvalue weighted by atomic mass is 16.5. The Morgan fingerprint density at radius 3 is 2.73 bits per heavy atom. The van der Waals surface area contributed by atoms with E-state index in [1.165, 1.54) is 32.1 Å². The highest BCUT2D eigenvalue weighted by Gasteiger charge is 2.20. The van der Waals surface area contributed by atoms with E-state index in [4.69, 9.17) is 4.74 Å². The Hall–Kier alpha value is -0.0800. The van der Waals surface area contributed by atoms with E-state index < -0.39 is 0 Å². The summed E-state index contributed by atoms with van der Waals surface area (Å²) >= 11 is 0. The van der Waals surface area contributed by atoms with Gasteiger partial charge >= 0.3 is 0 Å². The molecule has 2 nitrogen and oxygen atoms in total. The lowest BCUT2D eigenvalue weighted by Gasteiger charge is -2.23. The van der Waals surface area contributed by atoms with Crippen molar-refractivity contribution in [2.75, 3.05) is 13.2 Å². The maximum absolute atomic E-state index is 5.70. The summed E-state index contributed by atoms with van der Waals surface area (Å²) in [6, 6.07) is 0.660. The summed E-state index contributed by atoms with van der Waals surface area (Å²) in [6.45, 7) is 8.95. The molecule has 0 amide bonds. The SMILES string of the molecule is CCCNC(CC(C)C)CC1CCCO1. The Labute approximate surface area is 94.8 Å². The molecule has 2 unspecified atom stereocenters. The predicted octanol–water partition coefficient (Wildman–Crippen LogP) is 2.97. The molecule has 1 rings (SSSR count). The van der Waals surface area contributed by atoms with Gasteiger partial charge in [-0.3, -0.25) is 0 Å². The molecule has 1 aliphatic rings. The van der Waals surface area contributed by atoms with Crippen LogP contribution in [0.4, 0.5) is 0 Å². The van der Waals surface area contributed by atoms with Crippen molar-refractivity contribution >= 4 is 0 Å². The second-order valence-corrected chi connectivity index (χ2v) is 5.15. The van der Waals surface area contributed by atoms with Crippen LogP contribution in [-0.4, -0.2) is 25.3 Å². The van der Waals surface area contributed by atoms with Gasteiger partial charge in [0.25, 0.3) is 0 Å². The van der Waals surface area contributed by atoms with Crippen molar-refractivity contribution in [2.24, 2.45) is 5.92 Å². The molecule has 1 heterocycles. The van der Waals surface area contributed by atoms with Gasteiger partial charge in [0.1, 0.15) is 0 Å². The monoisotopic (exact) mass is 213 g/mol. The van der Waals surface area contributed by atoms with E-state index in [0.29, 0.717) is 12.1 Å². The molecule has 0 bridgehead atoms. The quantitative estimate of drug-likeness (QED) is 0.702. The molecule has 1 N–H and O–H groups in total. The largest absolute Gasteiger partial charge is 0.378 e. The molecule has 0 saturated carbocycles. The van der Waals surface area contributed by atoms with E-state index in [1.54, 1.807) is 0 Å². The molecule has 2 atom stereocenters. The van der Waals surface area contributed by atoms with Crippen LogP contribution in [0.25, 0.3) is 0 Å². The summed E-state index contributed by atoms with van der Waals surface area (Å²) in [5, 5.41) is 3.65. The number of ether oxygens (including phenoxy) is 1. The van der Waals surface area contributed by atoms with Crippen molar-refractivity contribution in [3.8, 4) is 0 Å². The molecule has 0 aromatic carbocycles. The summed E-state index contributed by atoms with van der Waals surface area (Å²) in [6.07, 6.45) is 6.76. The lowest BCUT2D eigenvalue weighted by atomic mass is 9.97. The third kappa shape index (κ3) is 5.53. The van der Waals surface area contributed by atoms with Gasteiger partial charge in [-0.05, 0) is 44.6 Å². The van der Waals surface area contributed by atoms with Gasteiger partial charge in [-0.25, -0.2) is 0 Å². The van der Waals surface area contributed by atoms with Crippen molar-refractivity contribution in [1.29, 1.82) is 0 Å². The third-order valence-corrected chi connectivity index (χ3v) is 3.01. The van der Waals surface area contributed by atoms with Crippen LogP contribution in [0.5, 0.6) is 0 Å². The van der Waals surface area contributed by atoms with Gasteiger partial charge < -0.3 is 10.1 Å². The second-order valence-electron chi connectivity index (χ2n) is 5.15. The summed E-state index contributed by atoms with van der Waals surface area (Å²) in [4.78, 5) is 0. The van der Waals surface area contributed by atoms with Crippen molar-refractivity contribution in [3.63, 3.8) is 0 Å². The average molecular weight is 213 g/mol. The van der Waals surface area contributed by atoms with Crippen LogP contribution in [0.1, 0.15) is 52.9 Å². The molecule has 0 aromatic heterocycles. The van der Waals surface area contributed by atoms with E-state index in [-0.39, 0.29) is 0 Å². The standard InChI is InChI=1S/C13H27NO/c1-4-7-14-12(9-11(2)3)10-13-6-5-8-15-13/h11-14H,4-10H2,1-3H3. The zero-order valence-corrected chi connectivity index (χ0v) is 10.6. The number of nitrogens with one attached hydrogen (secondary N) is 1. The molecule has 0 aliphatic carbocycles. The third-order valence-electron chi connectivity index (χ3n) is 3.01. The van der Waals surface area contributed by atoms with Gasteiger partial charge in [0, 0.05) is 12.6 Å².